The Morgan fingerprint density at radius 3 is 2.60 bits per heavy atom. The van der Waals surface area contributed by atoms with Gasteiger partial charge >= 0.3 is 0 Å². The summed E-state index contributed by atoms with van der Waals surface area (Å²) < 4.78 is 6.35. The van der Waals surface area contributed by atoms with Gasteiger partial charge in [0.25, 0.3) is 0 Å². The summed E-state index contributed by atoms with van der Waals surface area (Å²) in [6.07, 6.45) is 1.36. The molecule has 0 saturated carbocycles. The lowest BCUT2D eigenvalue weighted by molar-refractivity contribution is -0.118. The van der Waals surface area contributed by atoms with Gasteiger partial charge in [-0.1, -0.05) is 29.0 Å². The van der Waals surface area contributed by atoms with Crippen molar-refractivity contribution >= 4 is 44.4 Å². The Kier molecular flexibility index (Phi) is 8.13. The van der Waals surface area contributed by atoms with Crippen molar-refractivity contribution in [1.29, 1.82) is 0 Å². The zero-order chi connectivity index (χ0) is 21.5. The quantitative estimate of drug-likeness (QED) is 0.323. The minimum atomic E-state index is 0.132. The fourth-order valence-electron chi connectivity index (χ4n) is 2.95. The minimum Gasteiger partial charge on any atom is -0.497 e. The number of benzene rings is 2. The first kappa shape index (κ1) is 22.6. The van der Waals surface area contributed by atoms with Crippen LogP contribution >= 0.6 is 23.1 Å². The lowest BCUT2D eigenvalue weighted by Crippen LogP contribution is -2.36. The number of hydrogen-bond donors (Lipinski definition) is 0. The predicted octanol–water partition coefficient (Wildman–Crippen LogP) is 5.08. The first-order valence-corrected chi connectivity index (χ1v) is 11.9. The van der Waals surface area contributed by atoms with E-state index in [1.165, 1.54) is 10.5 Å². The van der Waals surface area contributed by atoms with Crippen LogP contribution in [0.3, 0.4) is 0 Å². The van der Waals surface area contributed by atoms with Crippen molar-refractivity contribution in [1.82, 2.24) is 9.88 Å². The standard InChI is InChI=1S/C23H29N3O2S2/c1-17-7-10-19(11-8-17)29-15-5-6-22(27)26(14-13-25(2)3)23-24-20-12-9-18(28-4)16-21(20)30-23/h7-12,16H,5-6,13-15H2,1-4H3. The summed E-state index contributed by atoms with van der Waals surface area (Å²) >= 11 is 3.34. The number of likely N-dealkylation sites (N-methyl/N-ethyl adjacent to an activating group) is 1. The number of rotatable bonds is 10. The summed E-state index contributed by atoms with van der Waals surface area (Å²) in [5.41, 5.74) is 2.16. The Labute approximate surface area is 187 Å². The maximum absolute atomic E-state index is 13.1. The van der Waals surface area contributed by atoms with Crippen molar-refractivity contribution in [3.05, 3.63) is 48.0 Å². The Morgan fingerprint density at radius 2 is 1.90 bits per heavy atom. The molecule has 0 radical (unpaired) electrons. The third-order valence-electron chi connectivity index (χ3n) is 4.71. The van der Waals surface area contributed by atoms with E-state index in [0.29, 0.717) is 13.0 Å². The first-order chi connectivity index (χ1) is 14.5. The van der Waals surface area contributed by atoms with Gasteiger partial charge in [-0.05, 0) is 63.5 Å². The molecule has 3 aromatic rings. The van der Waals surface area contributed by atoms with Gasteiger partial charge in [0.15, 0.2) is 5.13 Å². The van der Waals surface area contributed by atoms with E-state index in [-0.39, 0.29) is 5.91 Å². The molecule has 0 N–H and O–H groups in total. The summed E-state index contributed by atoms with van der Waals surface area (Å²) in [4.78, 5) is 22.9. The molecule has 30 heavy (non-hydrogen) atoms. The molecule has 7 heteroatoms. The van der Waals surface area contributed by atoms with Crippen LogP contribution in [-0.4, -0.2) is 55.8 Å². The summed E-state index contributed by atoms with van der Waals surface area (Å²) in [6.45, 7) is 3.52. The van der Waals surface area contributed by atoms with Crippen LogP contribution in [0.1, 0.15) is 18.4 Å². The number of thioether (sulfide) groups is 1. The molecule has 2 aromatic carbocycles. The van der Waals surface area contributed by atoms with Gasteiger partial charge in [0.1, 0.15) is 5.75 Å². The van der Waals surface area contributed by atoms with Gasteiger partial charge in [-0.2, -0.15) is 0 Å². The van der Waals surface area contributed by atoms with E-state index in [1.54, 1.807) is 30.2 Å². The van der Waals surface area contributed by atoms with Crippen molar-refractivity contribution in [3.63, 3.8) is 0 Å². The maximum atomic E-state index is 13.1. The molecule has 0 unspecified atom stereocenters. The normalized spacial score (nSPS) is 11.2. The van der Waals surface area contributed by atoms with Crippen LogP contribution in [-0.2, 0) is 4.79 Å². The molecule has 0 spiro atoms. The number of aromatic nitrogens is 1. The Hall–Kier alpha value is -2.09. The SMILES string of the molecule is COc1ccc2nc(N(CCN(C)C)C(=O)CCCSc3ccc(C)cc3)sc2c1. The van der Waals surface area contributed by atoms with Crippen molar-refractivity contribution < 1.29 is 9.53 Å². The zero-order valence-corrected chi connectivity index (χ0v) is 19.7. The van der Waals surface area contributed by atoms with E-state index < -0.39 is 0 Å². The minimum absolute atomic E-state index is 0.132. The molecular weight excluding hydrogens is 414 g/mol. The van der Waals surface area contributed by atoms with Crippen LogP contribution in [0.5, 0.6) is 5.75 Å². The first-order valence-electron chi connectivity index (χ1n) is 10.1. The average molecular weight is 444 g/mol. The molecule has 0 fully saturated rings. The second-order valence-corrected chi connectivity index (χ2v) is 9.62. The molecule has 0 aliphatic heterocycles. The topological polar surface area (TPSA) is 45.7 Å². The van der Waals surface area contributed by atoms with Gasteiger partial charge in [0.05, 0.1) is 17.3 Å². The number of methoxy groups -OCH3 is 1. The smallest absolute Gasteiger partial charge is 0.228 e. The Bertz CT molecular complexity index is 970. The molecule has 0 saturated heterocycles. The highest BCUT2D eigenvalue weighted by atomic mass is 32.2. The summed E-state index contributed by atoms with van der Waals surface area (Å²) in [7, 11) is 5.69. The van der Waals surface area contributed by atoms with E-state index in [2.05, 4.69) is 36.1 Å². The van der Waals surface area contributed by atoms with Gasteiger partial charge in [0.2, 0.25) is 5.91 Å². The lowest BCUT2D eigenvalue weighted by atomic mass is 10.2. The zero-order valence-electron chi connectivity index (χ0n) is 18.1. The molecule has 1 aromatic heterocycles. The summed E-state index contributed by atoms with van der Waals surface area (Å²) in [5.74, 6) is 1.86. The van der Waals surface area contributed by atoms with E-state index in [9.17, 15) is 4.79 Å². The molecule has 0 aliphatic carbocycles. The van der Waals surface area contributed by atoms with Crippen molar-refractivity contribution in [2.24, 2.45) is 0 Å². The number of anilines is 1. The fraction of sp³-hybridized carbons (Fsp3) is 0.391. The average Bonchev–Trinajstić information content (AvgIpc) is 3.15. The Balaban J connectivity index is 1.64. The Morgan fingerprint density at radius 1 is 1.13 bits per heavy atom. The summed E-state index contributed by atoms with van der Waals surface area (Å²) in [5, 5.41) is 0.760. The van der Waals surface area contributed by atoms with Gasteiger partial charge in [-0.15, -0.1) is 11.8 Å². The van der Waals surface area contributed by atoms with Crippen molar-refractivity contribution in [3.8, 4) is 5.75 Å². The van der Waals surface area contributed by atoms with E-state index in [0.717, 1.165) is 39.8 Å². The molecule has 5 nitrogen and oxygen atoms in total. The van der Waals surface area contributed by atoms with Crippen LogP contribution in [0.25, 0.3) is 10.2 Å². The summed E-state index contributed by atoms with van der Waals surface area (Å²) in [6, 6.07) is 14.4. The van der Waals surface area contributed by atoms with Gasteiger partial charge < -0.3 is 9.64 Å². The van der Waals surface area contributed by atoms with Crippen LogP contribution in [0.15, 0.2) is 47.4 Å². The molecule has 0 bridgehead atoms. The molecule has 3 rings (SSSR count). The number of fused-ring (bicyclic) bond motifs is 1. The second kappa shape index (κ2) is 10.8. The highest BCUT2D eigenvalue weighted by molar-refractivity contribution is 7.99. The van der Waals surface area contributed by atoms with E-state index >= 15 is 0 Å². The van der Waals surface area contributed by atoms with Gasteiger partial charge in [0, 0.05) is 24.4 Å². The van der Waals surface area contributed by atoms with Crippen molar-refractivity contribution in [2.75, 3.05) is 44.9 Å². The van der Waals surface area contributed by atoms with E-state index in [4.69, 9.17) is 9.72 Å². The van der Waals surface area contributed by atoms with Crippen LogP contribution in [0.4, 0.5) is 5.13 Å². The number of carbonyl (C=O) groups is 1. The van der Waals surface area contributed by atoms with E-state index in [1.807, 2.05) is 37.2 Å². The number of amides is 1. The van der Waals surface area contributed by atoms with Crippen LogP contribution in [0.2, 0.25) is 0 Å². The number of hydrogen-bond acceptors (Lipinski definition) is 6. The largest absolute Gasteiger partial charge is 0.497 e. The number of aryl methyl sites for hydroxylation is 1. The predicted molar refractivity (Wildman–Crippen MR) is 128 cm³/mol. The van der Waals surface area contributed by atoms with Crippen LogP contribution in [0, 0.1) is 6.92 Å². The number of nitrogens with zero attached hydrogens (tertiary/aromatic N) is 3. The van der Waals surface area contributed by atoms with Crippen molar-refractivity contribution in [2.45, 2.75) is 24.7 Å². The third-order valence-corrected chi connectivity index (χ3v) is 6.85. The highest BCUT2D eigenvalue weighted by Gasteiger charge is 2.19. The molecule has 160 valence electrons. The number of thiazole rings is 1. The molecule has 0 aliphatic rings. The highest BCUT2D eigenvalue weighted by Crippen LogP contribution is 2.32. The van der Waals surface area contributed by atoms with Crippen LogP contribution < -0.4 is 9.64 Å². The van der Waals surface area contributed by atoms with Gasteiger partial charge in [-0.25, -0.2) is 4.98 Å². The maximum Gasteiger partial charge on any atom is 0.228 e. The number of ether oxygens (including phenoxy) is 1. The second-order valence-electron chi connectivity index (χ2n) is 7.44. The fourth-order valence-corrected chi connectivity index (χ4v) is 4.84. The molecular formula is C23H29N3O2S2. The van der Waals surface area contributed by atoms with Gasteiger partial charge in [-0.3, -0.25) is 9.69 Å². The molecule has 1 heterocycles. The lowest BCUT2D eigenvalue weighted by Gasteiger charge is -2.22. The molecule has 1 amide bonds. The third kappa shape index (κ3) is 6.20. The number of carbonyl (C=O) groups excluding carboxylic acids is 1. The monoisotopic (exact) mass is 443 g/mol. The molecule has 0 atom stereocenters.